The van der Waals surface area contributed by atoms with Crippen LogP contribution in [0.3, 0.4) is 0 Å². The molecule has 0 aromatic heterocycles. The lowest BCUT2D eigenvalue weighted by molar-refractivity contribution is -0.117. The van der Waals surface area contributed by atoms with Gasteiger partial charge >= 0.3 is 0 Å². The van der Waals surface area contributed by atoms with E-state index < -0.39 is 0 Å². The third kappa shape index (κ3) is 6.22. The number of anilines is 1. The van der Waals surface area contributed by atoms with Crippen LogP contribution in [0.5, 0.6) is 0 Å². The zero-order valence-corrected chi connectivity index (χ0v) is 17.8. The Balaban J connectivity index is 2.13. The van der Waals surface area contributed by atoms with E-state index in [-0.39, 0.29) is 23.3 Å². The van der Waals surface area contributed by atoms with E-state index in [4.69, 9.17) is 0 Å². The normalized spacial score (nSPS) is 12.5. The highest BCUT2D eigenvalue weighted by Crippen LogP contribution is 2.22. The Bertz CT molecular complexity index is 817. The molecule has 0 radical (unpaired) electrons. The van der Waals surface area contributed by atoms with Crippen LogP contribution < -0.4 is 10.6 Å². The van der Waals surface area contributed by atoms with Gasteiger partial charge in [0.05, 0.1) is 17.2 Å². The monoisotopic (exact) mass is 380 g/mol. The number of benzene rings is 2. The molecule has 0 saturated carbocycles. The van der Waals surface area contributed by atoms with Gasteiger partial charge in [-0.3, -0.25) is 9.59 Å². The smallest absolute Gasteiger partial charge is 0.253 e. The fraction of sp³-hybridized carbons (Fsp3) is 0.417. The van der Waals surface area contributed by atoms with Crippen molar-refractivity contribution in [3.63, 3.8) is 0 Å². The summed E-state index contributed by atoms with van der Waals surface area (Å²) in [6, 6.07) is 15.3. The lowest BCUT2D eigenvalue weighted by Crippen LogP contribution is -2.41. The van der Waals surface area contributed by atoms with Crippen molar-refractivity contribution in [3.8, 4) is 0 Å². The Morgan fingerprint density at radius 2 is 1.54 bits per heavy atom. The van der Waals surface area contributed by atoms with Gasteiger partial charge in [-0.1, -0.05) is 50.2 Å². The quantitative estimate of drug-likeness (QED) is 0.727. The number of carbonyl (C=O) groups excluding carboxylic acids is 2. The van der Waals surface area contributed by atoms with Crippen LogP contribution in [0, 0.1) is 5.92 Å². The van der Waals surface area contributed by atoms with Crippen molar-refractivity contribution in [2.45, 2.75) is 59.4 Å². The molecule has 2 rings (SSSR count). The number of nitrogens with one attached hydrogen (secondary N) is 2. The van der Waals surface area contributed by atoms with Gasteiger partial charge in [-0.05, 0) is 63.3 Å². The van der Waals surface area contributed by atoms with Crippen molar-refractivity contribution >= 4 is 17.5 Å². The molecule has 2 aromatic carbocycles. The van der Waals surface area contributed by atoms with E-state index in [0.717, 1.165) is 12.0 Å². The van der Waals surface area contributed by atoms with Gasteiger partial charge in [0, 0.05) is 5.54 Å². The van der Waals surface area contributed by atoms with Crippen LogP contribution in [-0.4, -0.2) is 17.4 Å². The highest BCUT2D eigenvalue weighted by molar-refractivity contribution is 6.05. The zero-order chi connectivity index (χ0) is 20.9. The first-order valence-corrected chi connectivity index (χ1v) is 9.88. The van der Waals surface area contributed by atoms with Crippen molar-refractivity contribution in [3.05, 3.63) is 65.2 Å². The molecule has 28 heavy (non-hydrogen) atoms. The van der Waals surface area contributed by atoms with E-state index in [0.29, 0.717) is 17.2 Å². The van der Waals surface area contributed by atoms with Crippen molar-refractivity contribution in [1.82, 2.24) is 5.32 Å². The van der Waals surface area contributed by atoms with Crippen LogP contribution >= 0.6 is 0 Å². The Labute approximate surface area is 168 Å². The lowest BCUT2D eigenvalue weighted by atomic mass is 9.96. The molecule has 0 aliphatic carbocycles. The average Bonchev–Trinajstić information content (AvgIpc) is 2.60. The minimum atomic E-state index is -0.348. The lowest BCUT2D eigenvalue weighted by Gasteiger charge is -2.22. The van der Waals surface area contributed by atoms with Crippen LogP contribution in [0.2, 0.25) is 0 Å². The Morgan fingerprint density at radius 3 is 2.11 bits per heavy atom. The predicted octanol–water partition coefficient (Wildman–Crippen LogP) is 5.16. The zero-order valence-electron chi connectivity index (χ0n) is 17.8. The summed E-state index contributed by atoms with van der Waals surface area (Å²) in [6.07, 6.45) is 1.02. The molecule has 4 nitrogen and oxygen atoms in total. The Kier molecular flexibility index (Phi) is 7.00. The highest BCUT2D eigenvalue weighted by atomic mass is 16.2. The molecule has 1 unspecified atom stereocenters. The SMILES string of the molecule is CC(C)Cc1ccc(C(C)C(=O)Nc2ccccc2C(=O)NC(C)(C)C)cc1. The van der Waals surface area contributed by atoms with Crippen molar-refractivity contribution in [1.29, 1.82) is 0 Å². The van der Waals surface area contributed by atoms with Crippen molar-refractivity contribution < 1.29 is 9.59 Å². The van der Waals surface area contributed by atoms with Gasteiger partial charge in [0.2, 0.25) is 5.91 Å². The summed E-state index contributed by atoms with van der Waals surface area (Å²) in [7, 11) is 0. The molecule has 1 atom stereocenters. The number of para-hydroxylation sites is 1. The third-order valence-electron chi connectivity index (χ3n) is 4.44. The first-order chi connectivity index (χ1) is 13.1. The number of hydrogen-bond acceptors (Lipinski definition) is 2. The minimum Gasteiger partial charge on any atom is -0.347 e. The maximum Gasteiger partial charge on any atom is 0.253 e. The second-order valence-electron chi connectivity index (χ2n) is 8.80. The van der Waals surface area contributed by atoms with Crippen LogP contribution in [-0.2, 0) is 11.2 Å². The van der Waals surface area contributed by atoms with Crippen molar-refractivity contribution in [2.75, 3.05) is 5.32 Å². The molecule has 0 aliphatic rings. The standard InChI is InChI=1S/C24H32N2O2/c1-16(2)15-18-11-13-19(14-12-18)17(3)22(27)25-21-10-8-7-9-20(21)23(28)26-24(4,5)6/h7-14,16-17H,15H2,1-6H3,(H,25,27)(H,26,28). The molecule has 0 heterocycles. The van der Waals surface area contributed by atoms with E-state index in [1.165, 1.54) is 5.56 Å². The molecule has 0 bridgehead atoms. The summed E-state index contributed by atoms with van der Waals surface area (Å²) in [5, 5.41) is 5.86. The van der Waals surface area contributed by atoms with E-state index >= 15 is 0 Å². The second kappa shape index (κ2) is 9.05. The summed E-state index contributed by atoms with van der Waals surface area (Å²) in [5.74, 6) is -0.0455. The molecule has 2 N–H and O–H groups in total. The Morgan fingerprint density at radius 1 is 0.929 bits per heavy atom. The molecule has 150 valence electrons. The largest absolute Gasteiger partial charge is 0.347 e. The van der Waals surface area contributed by atoms with E-state index in [9.17, 15) is 9.59 Å². The van der Waals surface area contributed by atoms with Crippen molar-refractivity contribution in [2.24, 2.45) is 5.92 Å². The molecule has 0 saturated heterocycles. The summed E-state index contributed by atoms with van der Waals surface area (Å²) in [5.41, 5.74) is 2.87. The van der Waals surface area contributed by atoms with E-state index in [1.807, 2.05) is 45.9 Å². The molecule has 4 heteroatoms. The van der Waals surface area contributed by atoms with Gasteiger partial charge < -0.3 is 10.6 Å². The molecule has 2 amide bonds. The van der Waals surface area contributed by atoms with Gasteiger partial charge in [-0.2, -0.15) is 0 Å². The molecule has 0 spiro atoms. The van der Waals surface area contributed by atoms with Gasteiger partial charge in [0.25, 0.3) is 5.91 Å². The molecule has 0 aliphatic heterocycles. The van der Waals surface area contributed by atoms with Gasteiger partial charge in [0.15, 0.2) is 0 Å². The summed E-state index contributed by atoms with van der Waals surface area (Å²) >= 11 is 0. The second-order valence-corrected chi connectivity index (χ2v) is 8.80. The number of hydrogen-bond donors (Lipinski definition) is 2. The average molecular weight is 381 g/mol. The molecule has 2 aromatic rings. The van der Waals surface area contributed by atoms with Crippen LogP contribution in [0.15, 0.2) is 48.5 Å². The summed E-state index contributed by atoms with van der Waals surface area (Å²) < 4.78 is 0. The summed E-state index contributed by atoms with van der Waals surface area (Å²) in [6.45, 7) is 12.0. The topological polar surface area (TPSA) is 58.2 Å². The van der Waals surface area contributed by atoms with Crippen LogP contribution in [0.4, 0.5) is 5.69 Å². The first kappa shape index (κ1) is 21.7. The number of carbonyl (C=O) groups is 2. The predicted molar refractivity (Wildman–Crippen MR) is 116 cm³/mol. The Hall–Kier alpha value is -2.62. The van der Waals surface area contributed by atoms with Crippen LogP contribution in [0.1, 0.15) is 68.9 Å². The van der Waals surface area contributed by atoms with Crippen LogP contribution in [0.25, 0.3) is 0 Å². The third-order valence-corrected chi connectivity index (χ3v) is 4.44. The van der Waals surface area contributed by atoms with E-state index in [2.05, 4.69) is 36.6 Å². The van der Waals surface area contributed by atoms with Gasteiger partial charge in [0.1, 0.15) is 0 Å². The van der Waals surface area contributed by atoms with Gasteiger partial charge in [-0.15, -0.1) is 0 Å². The van der Waals surface area contributed by atoms with Gasteiger partial charge in [-0.25, -0.2) is 0 Å². The molecular weight excluding hydrogens is 348 g/mol. The minimum absolute atomic E-state index is 0.132. The first-order valence-electron chi connectivity index (χ1n) is 9.88. The number of amides is 2. The fourth-order valence-corrected chi connectivity index (χ4v) is 3.00. The highest BCUT2D eigenvalue weighted by Gasteiger charge is 2.21. The van der Waals surface area contributed by atoms with E-state index in [1.54, 1.807) is 18.2 Å². The summed E-state index contributed by atoms with van der Waals surface area (Å²) in [4.78, 5) is 25.4. The molecule has 0 fully saturated rings. The molecular formula is C24H32N2O2. The fourth-order valence-electron chi connectivity index (χ4n) is 3.00. The maximum absolute atomic E-state index is 12.8. The number of rotatable bonds is 6. The maximum atomic E-state index is 12.8.